The zero-order chi connectivity index (χ0) is 14.7. The van der Waals surface area contributed by atoms with Gasteiger partial charge in [-0.05, 0) is 24.1 Å². The molecule has 4 heteroatoms. The first-order chi connectivity index (χ1) is 10.3. The van der Waals surface area contributed by atoms with Gasteiger partial charge in [-0.15, -0.1) is 11.3 Å². The number of hydrogen-bond donors (Lipinski definition) is 2. The van der Waals surface area contributed by atoms with E-state index in [0.717, 1.165) is 29.9 Å². The fourth-order valence-electron chi connectivity index (χ4n) is 2.33. The summed E-state index contributed by atoms with van der Waals surface area (Å²) in [5.74, 6) is 0.938. The second-order valence-electron chi connectivity index (χ2n) is 5.08. The lowest BCUT2D eigenvalue weighted by molar-refractivity contribution is 0.695. The third-order valence-electron chi connectivity index (χ3n) is 3.55. The molecule has 108 valence electrons. The second kappa shape index (κ2) is 6.24. The molecule has 1 unspecified atom stereocenters. The lowest BCUT2D eigenvalue weighted by atomic mass is 10.0. The molecule has 3 nitrogen and oxygen atoms in total. The molecule has 0 radical (unpaired) electrons. The van der Waals surface area contributed by atoms with E-state index >= 15 is 0 Å². The molecule has 0 fully saturated rings. The van der Waals surface area contributed by atoms with Crippen LogP contribution in [-0.4, -0.2) is 9.97 Å². The van der Waals surface area contributed by atoms with E-state index in [0.29, 0.717) is 0 Å². The molecule has 0 aliphatic carbocycles. The first-order valence-corrected chi connectivity index (χ1v) is 8.01. The Kier molecular flexibility index (Phi) is 4.18. The van der Waals surface area contributed by atoms with Gasteiger partial charge in [0.15, 0.2) is 0 Å². The van der Waals surface area contributed by atoms with Crippen molar-refractivity contribution in [2.75, 3.05) is 0 Å². The minimum Gasteiger partial charge on any atom is -0.341 e. The van der Waals surface area contributed by atoms with Crippen molar-refractivity contribution in [2.45, 2.75) is 25.8 Å². The van der Waals surface area contributed by atoms with Crippen LogP contribution in [0.2, 0.25) is 0 Å². The van der Waals surface area contributed by atoms with Crippen LogP contribution in [0.3, 0.4) is 0 Å². The van der Waals surface area contributed by atoms with E-state index in [9.17, 15) is 0 Å². The van der Waals surface area contributed by atoms with Gasteiger partial charge in [0, 0.05) is 17.3 Å². The van der Waals surface area contributed by atoms with Gasteiger partial charge in [0.1, 0.15) is 5.82 Å². The largest absolute Gasteiger partial charge is 0.341 e. The van der Waals surface area contributed by atoms with Crippen LogP contribution in [0.4, 0.5) is 0 Å². The highest BCUT2D eigenvalue weighted by molar-refractivity contribution is 7.15. The number of nitrogens with two attached hydrogens (primary N) is 1. The van der Waals surface area contributed by atoms with E-state index in [1.54, 1.807) is 0 Å². The van der Waals surface area contributed by atoms with Gasteiger partial charge < -0.3 is 10.7 Å². The summed E-state index contributed by atoms with van der Waals surface area (Å²) in [5.41, 5.74) is 8.46. The lowest BCUT2D eigenvalue weighted by Crippen LogP contribution is -2.13. The van der Waals surface area contributed by atoms with Crippen molar-refractivity contribution in [1.82, 2.24) is 9.97 Å². The highest BCUT2D eigenvalue weighted by Gasteiger charge is 2.11. The van der Waals surface area contributed by atoms with Crippen molar-refractivity contribution in [3.8, 4) is 10.6 Å². The van der Waals surface area contributed by atoms with Gasteiger partial charge in [0.2, 0.25) is 0 Å². The Balaban J connectivity index is 1.73. The summed E-state index contributed by atoms with van der Waals surface area (Å²) in [6, 6.07) is 14.4. The van der Waals surface area contributed by atoms with Crippen LogP contribution in [0.15, 0.2) is 48.7 Å². The Morgan fingerprint density at radius 1 is 1.19 bits per heavy atom. The monoisotopic (exact) mass is 297 g/mol. The molecule has 0 spiro atoms. The Morgan fingerprint density at radius 3 is 2.71 bits per heavy atom. The van der Waals surface area contributed by atoms with E-state index in [1.165, 1.54) is 9.75 Å². The van der Waals surface area contributed by atoms with Gasteiger partial charge in [-0.3, -0.25) is 0 Å². The van der Waals surface area contributed by atoms with Gasteiger partial charge in [-0.25, -0.2) is 4.98 Å². The molecule has 0 bridgehead atoms. The van der Waals surface area contributed by atoms with E-state index < -0.39 is 0 Å². The minimum atomic E-state index is -0.0280. The quantitative estimate of drug-likeness (QED) is 0.749. The molecular weight excluding hydrogens is 278 g/mol. The number of H-pyrrole nitrogens is 1. The molecule has 1 atom stereocenters. The van der Waals surface area contributed by atoms with Gasteiger partial charge in [-0.2, -0.15) is 0 Å². The number of hydrogen-bond acceptors (Lipinski definition) is 3. The lowest BCUT2D eigenvalue weighted by Gasteiger charge is -2.09. The highest BCUT2D eigenvalue weighted by Crippen LogP contribution is 2.27. The molecule has 21 heavy (non-hydrogen) atoms. The van der Waals surface area contributed by atoms with Gasteiger partial charge in [-0.1, -0.05) is 37.3 Å². The number of nitrogens with zero attached hydrogens (tertiary/aromatic N) is 1. The summed E-state index contributed by atoms with van der Waals surface area (Å²) >= 11 is 1.81. The van der Waals surface area contributed by atoms with Crippen LogP contribution in [0.5, 0.6) is 0 Å². The summed E-state index contributed by atoms with van der Waals surface area (Å²) in [4.78, 5) is 10.5. The molecule has 3 N–H and O–H groups in total. The number of imidazole rings is 1. The number of aromatic amines is 1. The van der Waals surface area contributed by atoms with Gasteiger partial charge in [0.25, 0.3) is 0 Å². The molecule has 2 heterocycles. The van der Waals surface area contributed by atoms with Gasteiger partial charge in [0.05, 0.1) is 16.8 Å². The summed E-state index contributed by atoms with van der Waals surface area (Å²) in [6.07, 6.45) is 3.69. The summed E-state index contributed by atoms with van der Waals surface area (Å²) in [7, 11) is 0. The third-order valence-corrected chi connectivity index (χ3v) is 4.81. The SMILES string of the molecule is CCc1ccc(-c2cnc(CC(N)c3ccccc3)[nH]2)s1. The van der Waals surface area contributed by atoms with Crippen LogP contribution in [0, 0.1) is 0 Å². The maximum Gasteiger partial charge on any atom is 0.108 e. The normalized spacial score (nSPS) is 12.5. The second-order valence-corrected chi connectivity index (χ2v) is 6.25. The number of rotatable bonds is 5. The van der Waals surface area contributed by atoms with Gasteiger partial charge >= 0.3 is 0 Å². The van der Waals surface area contributed by atoms with E-state index in [2.05, 4.69) is 41.2 Å². The molecular formula is C17H19N3S. The Labute approximate surface area is 128 Å². The van der Waals surface area contributed by atoms with Crippen LogP contribution in [0.1, 0.15) is 29.2 Å². The molecule has 0 amide bonds. The average molecular weight is 297 g/mol. The molecule has 0 saturated heterocycles. The molecule has 0 aliphatic heterocycles. The average Bonchev–Trinajstić information content (AvgIpc) is 3.16. The Morgan fingerprint density at radius 2 is 2.00 bits per heavy atom. The highest BCUT2D eigenvalue weighted by atomic mass is 32.1. The van der Waals surface area contributed by atoms with Crippen molar-refractivity contribution in [3.05, 3.63) is 64.9 Å². The zero-order valence-corrected chi connectivity index (χ0v) is 12.9. The van der Waals surface area contributed by atoms with Crippen molar-refractivity contribution >= 4 is 11.3 Å². The minimum absolute atomic E-state index is 0.0280. The molecule has 0 saturated carbocycles. The van der Waals surface area contributed by atoms with E-state index in [-0.39, 0.29) is 6.04 Å². The fraction of sp³-hybridized carbons (Fsp3) is 0.235. The predicted octanol–water partition coefficient (Wildman–Crippen LogP) is 3.94. The van der Waals surface area contributed by atoms with E-state index in [1.807, 2.05) is 35.7 Å². The molecule has 1 aromatic carbocycles. The standard InChI is InChI=1S/C17H19N3S/c1-2-13-8-9-16(21-13)15-11-19-17(20-15)10-14(18)12-6-4-3-5-7-12/h3-9,11,14H,2,10,18H2,1H3,(H,19,20). The number of benzene rings is 1. The smallest absolute Gasteiger partial charge is 0.108 e. The van der Waals surface area contributed by atoms with E-state index in [4.69, 9.17) is 5.73 Å². The molecule has 0 aliphatic rings. The van der Waals surface area contributed by atoms with Crippen LogP contribution in [0.25, 0.3) is 10.6 Å². The Bertz CT molecular complexity index is 700. The maximum atomic E-state index is 6.24. The fourth-order valence-corrected chi connectivity index (χ4v) is 3.24. The molecule has 3 rings (SSSR count). The zero-order valence-electron chi connectivity index (χ0n) is 12.0. The van der Waals surface area contributed by atoms with Crippen LogP contribution < -0.4 is 5.73 Å². The van der Waals surface area contributed by atoms with Crippen LogP contribution in [-0.2, 0) is 12.8 Å². The van der Waals surface area contributed by atoms with Crippen molar-refractivity contribution in [1.29, 1.82) is 0 Å². The topological polar surface area (TPSA) is 54.7 Å². The summed E-state index contributed by atoms with van der Waals surface area (Å²) < 4.78 is 0. The number of aryl methyl sites for hydroxylation is 1. The number of nitrogens with one attached hydrogen (secondary N) is 1. The van der Waals surface area contributed by atoms with Crippen molar-refractivity contribution in [3.63, 3.8) is 0 Å². The molecule has 2 aromatic heterocycles. The number of aromatic nitrogens is 2. The molecule has 3 aromatic rings. The number of thiophene rings is 1. The maximum absolute atomic E-state index is 6.24. The summed E-state index contributed by atoms with van der Waals surface area (Å²) in [6.45, 7) is 2.17. The van der Waals surface area contributed by atoms with Crippen molar-refractivity contribution in [2.24, 2.45) is 5.73 Å². The van der Waals surface area contributed by atoms with Crippen LogP contribution >= 0.6 is 11.3 Å². The first-order valence-electron chi connectivity index (χ1n) is 7.19. The van der Waals surface area contributed by atoms with Crippen molar-refractivity contribution < 1.29 is 0 Å². The first kappa shape index (κ1) is 14.0. The summed E-state index contributed by atoms with van der Waals surface area (Å²) in [5, 5.41) is 0. The third kappa shape index (κ3) is 3.23. The predicted molar refractivity (Wildman–Crippen MR) is 88.4 cm³/mol. The Hall–Kier alpha value is -1.91.